The Hall–Kier alpha value is -3.37. The van der Waals surface area contributed by atoms with Crippen molar-refractivity contribution in [1.82, 2.24) is 0 Å². The molecule has 0 saturated carbocycles. The number of halogens is 1. The normalized spacial score (nSPS) is 10.9. The number of rotatable bonds is 12. The molecule has 0 radical (unpaired) electrons. The van der Waals surface area contributed by atoms with Crippen LogP contribution in [0.15, 0.2) is 78.9 Å². The van der Waals surface area contributed by atoms with Crippen LogP contribution >= 0.6 is 0 Å². The van der Waals surface area contributed by atoms with Gasteiger partial charge in [-0.1, -0.05) is 131 Å². The third-order valence-corrected chi connectivity index (χ3v) is 7.42. The molecule has 0 aliphatic rings. The molecular weight excluding hydrogens is 463 g/mol. The van der Waals surface area contributed by atoms with Crippen LogP contribution < -0.4 is 0 Å². The van der Waals surface area contributed by atoms with Crippen molar-refractivity contribution >= 4 is 10.8 Å². The van der Waals surface area contributed by atoms with Gasteiger partial charge < -0.3 is 0 Å². The summed E-state index contributed by atoms with van der Waals surface area (Å²) < 4.78 is 15.2. The summed E-state index contributed by atoms with van der Waals surface area (Å²) in [5, 5.41) is 1.60. The van der Waals surface area contributed by atoms with Gasteiger partial charge in [-0.05, 0) is 71.5 Å². The number of benzene rings is 4. The van der Waals surface area contributed by atoms with Gasteiger partial charge in [0.1, 0.15) is 5.82 Å². The molecule has 0 aliphatic carbocycles. The predicted molar refractivity (Wildman–Crippen MR) is 162 cm³/mol. The Bertz CT molecular complexity index is 1350. The molecule has 38 heavy (non-hydrogen) atoms. The highest BCUT2D eigenvalue weighted by Crippen LogP contribution is 2.24. The van der Waals surface area contributed by atoms with Gasteiger partial charge >= 0.3 is 0 Å². The summed E-state index contributed by atoms with van der Waals surface area (Å²) in [6, 6.07) is 27.1. The standard InChI is InChI=1S/C37H41F/c1-3-5-7-9-11-13-31-19-27-36-35(28-31)26-25-34(37(36)38)24-18-30-16-22-33(23-17-30)32-20-14-29(15-21-32)12-10-8-6-4-2/h14-17,19-23,25-28H,3-13H2,1-2H3. The van der Waals surface area contributed by atoms with Gasteiger partial charge in [0.25, 0.3) is 0 Å². The fourth-order valence-corrected chi connectivity index (χ4v) is 5.03. The molecule has 0 unspecified atom stereocenters. The second-order valence-corrected chi connectivity index (χ2v) is 10.5. The molecule has 0 spiro atoms. The maximum absolute atomic E-state index is 15.2. The van der Waals surface area contributed by atoms with E-state index in [4.69, 9.17) is 0 Å². The van der Waals surface area contributed by atoms with E-state index in [1.54, 1.807) is 0 Å². The molecule has 1 heteroatoms. The molecule has 4 aromatic rings. The van der Waals surface area contributed by atoms with Crippen LogP contribution in [-0.2, 0) is 12.8 Å². The highest BCUT2D eigenvalue weighted by atomic mass is 19.1. The van der Waals surface area contributed by atoms with Gasteiger partial charge in [-0.15, -0.1) is 0 Å². The monoisotopic (exact) mass is 504 g/mol. The van der Waals surface area contributed by atoms with Crippen molar-refractivity contribution < 1.29 is 4.39 Å². The summed E-state index contributed by atoms with van der Waals surface area (Å²) in [5.41, 5.74) is 6.41. The molecule has 4 rings (SSSR count). The van der Waals surface area contributed by atoms with Gasteiger partial charge in [0.05, 0.1) is 5.56 Å². The van der Waals surface area contributed by atoms with Crippen molar-refractivity contribution in [1.29, 1.82) is 0 Å². The summed E-state index contributed by atoms with van der Waals surface area (Å²) >= 11 is 0. The van der Waals surface area contributed by atoms with Crippen molar-refractivity contribution in [2.45, 2.75) is 84.5 Å². The summed E-state index contributed by atoms with van der Waals surface area (Å²) in [5.74, 6) is 5.99. The average Bonchev–Trinajstić information content (AvgIpc) is 2.95. The maximum atomic E-state index is 15.2. The van der Waals surface area contributed by atoms with Crippen molar-refractivity contribution in [2.24, 2.45) is 0 Å². The first kappa shape index (κ1) is 27.7. The van der Waals surface area contributed by atoms with Crippen LogP contribution in [-0.4, -0.2) is 0 Å². The number of hydrogen-bond acceptors (Lipinski definition) is 0. The van der Waals surface area contributed by atoms with Crippen LogP contribution in [0.3, 0.4) is 0 Å². The van der Waals surface area contributed by atoms with Gasteiger partial charge in [0, 0.05) is 10.9 Å². The molecule has 0 nitrogen and oxygen atoms in total. The third-order valence-electron chi connectivity index (χ3n) is 7.42. The van der Waals surface area contributed by atoms with E-state index < -0.39 is 0 Å². The second-order valence-electron chi connectivity index (χ2n) is 10.5. The molecule has 4 aromatic carbocycles. The van der Waals surface area contributed by atoms with Crippen molar-refractivity contribution in [3.05, 3.63) is 107 Å². The smallest absolute Gasteiger partial charge is 0.146 e. The van der Waals surface area contributed by atoms with E-state index >= 15 is 4.39 Å². The predicted octanol–water partition coefficient (Wildman–Crippen LogP) is 10.7. The van der Waals surface area contributed by atoms with Crippen molar-refractivity contribution in [3.8, 4) is 23.0 Å². The number of fused-ring (bicyclic) bond motifs is 1. The van der Waals surface area contributed by atoms with Crippen LogP contribution in [0.25, 0.3) is 21.9 Å². The lowest BCUT2D eigenvalue weighted by molar-refractivity contribution is 0.631. The highest BCUT2D eigenvalue weighted by Gasteiger charge is 2.07. The Balaban J connectivity index is 1.39. The summed E-state index contributed by atoms with van der Waals surface area (Å²) in [6.07, 6.45) is 13.7. The molecule has 0 saturated heterocycles. The van der Waals surface area contributed by atoms with E-state index in [9.17, 15) is 0 Å². The average molecular weight is 505 g/mol. The number of unbranched alkanes of at least 4 members (excludes halogenated alkanes) is 7. The van der Waals surface area contributed by atoms with Gasteiger partial charge in [-0.25, -0.2) is 4.39 Å². The molecule has 196 valence electrons. The van der Waals surface area contributed by atoms with Crippen LogP contribution in [0.4, 0.5) is 4.39 Å². The Morgan fingerprint density at radius 1 is 0.553 bits per heavy atom. The zero-order valence-corrected chi connectivity index (χ0v) is 23.2. The van der Waals surface area contributed by atoms with Gasteiger partial charge in [0.2, 0.25) is 0 Å². The van der Waals surface area contributed by atoms with E-state index in [1.165, 1.54) is 80.0 Å². The maximum Gasteiger partial charge on any atom is 0.146 e. The van der Waals surface area contributed by atoms with Crippen LogP contribution in [0.1, 0.15) is 93.9 Å². The van der Waals surface area contributed by atoms with Crippen molar-refractivity contribution in [3.63, 3.8) is 0 Å². The second kappa shape index (κ2) is 14.5. The van der Waals surface area contributed by atoms with E-state index in [0.717, 1.165) is 23.8 Å². The molecular formula is C37H41F. The van der Waals surface area contributed by atoms with Crippen molar-refractivity contribution in [2.75, 3.05) is 0 Å². The van der Waals surface area contributed by atoms with E-state index in [-0.39, 0.29) is 5.82 Å². The lowest BCUT2D eigenvalue weighted by Gasteiger charge is -2.06. The lowest BCUT2D eigenvalue weighted by Crippen LogP contribution is -1.90. The largest absolute Gasteiger partial charge is 0.205 e. The quantitative estimate of drug-likeness (QED) is 0.133. The molecule has 0 heterocycles. The Morgan fingerprint density at radius 3 is 1.82 bits per heavy atom. The van der Waals surface area contributed by atoms with Gasteiger partial charge in [-0.2, -0.15) is 0 Å². The first-order chi connectivity index (χ1) is 18.7. The molecule has 0 atom stereocenters. The fourth-order valence-electron chi connectivity index (χ4n) is 5.03. The van der Waals surface area contributed by atoms with Gasteiger partial charge in [0.15, 0.2) is 0 Å². The molecule has 0 fully saturated rings. The zero-order valence-electron chi connectivity index (χ0n) is 23.2. The zero-order chi connectivity index (χ0) is 26.6. The Labute approximate surface area is 229 Å². The van der Waals surface area contributed by atoms with Gasteiger partial charge in [-0.3, -0.25) is 0 Å². The van der Waals surface area contributed by atoms with Crippen LogP contribution in [0, 0.1) is 17.7 Å². The van der Waals surface area contributed by atoms with E-state index in [1.807, 2.05) is 30.3 Å². The Kier molecular flexibility index (Phi) is 10.6. The summed E-state index contributed by atoms with van der Waals surface area (Å²) in [7, 11) is 0. The SMILES string of the molecule is CCCCCCCc1ccc2c(F)c(C#Cc3ccc(-c4ccc(CCCCCC)cc4)cc3)ccc2c1. The summed E-state index contributed by atoms with van der Waals surface area (Å²) in [6.45, 7) is 4.49. The van der Waals surface area contributed by atoms with E-state index in [0.29, 0.717) is 10.9 Å². The molecule has 0 N–H and O–H groups in total. The van der Waals surface area contributed by atoms with Crippen LogP contribution in [0.2, 0.25) is 0 Å². The molecule has 0 amide bonds. The summed E-state index contributed by atoms with van der Waals surface area (Å²) in [4.78, 5) is 0. The minimum absolute atomic E-state index is 0.226. The highest BCUT2D eigenvalue weighted by molar-refractivity contribution is 5.85. The molecule has 0 aromatic heterocycles. The van der Waals surface area contributed by atoms with E-state index in [2.05, 4.69) is 74.2 Å². The third kappa shape index (κ3) is 7.82. The minimum Gasteiger partial charge on any atom is -0.205 e. The lowest BCUT2D eigenvalue weighted by atomic mass is 9.99. The fraction of sp³-hybridized carbons (Fsp3) is 0.351. The first-order valence-corrected chi connectivity index (χ1v) is 14.6. The minimum atomic E-state index is -0.226. The van der Waals surface area contributed by atoms with Crippen LogP contribution in [0.5, 0.6) is 0 Å². The topological polar surface area (TPSA) is 0 Å². The molecule has 0 aliphatic heterocycles. The number of aryl methyl sites for hydroxylation is 2. The number of hydrogen-bond donors (Lipinski definition) is 0. The Morgan fingerprint density at radius 2 is 1.13 bits per heavy atom. The molecule has 0 bridgehead atoms. The first-order valence-electron chi connectivity index (χ1n) is 14.6.